The summed E-state index contributed by atoms with van der Waals surface area (Å²) in [6.45, 7) is 5.20. The van der Waals surface area contributed by atoms with Crippen LogP contribution in [0, 0.1) is 6.92 Å². The van der Waals surface area contributed by atoms with Crippen molar-refractivity contribution >= 4 is 29.9 Å². The van der Waals surface area contributed by atoms with Gasteiger partial charge in [-0.15, -0.1) is 24.0 Å². The Hall–Kier alpha value is -0.830. The summed E-state index contributed by atoms with van der Waals surface area (Å²) in [4.78, 5) is 4.23. The Labute approximate surface area is 162 Å². The molecule has 138 valence electrons. The molecule has 1 saturated carbocycles. The Morgan fingerprint density at radius 2 is 1.96 bits per heavy atom. The van der Waals surface area contributed by atoms with Crippen LogP contribution < -0.4 is 10.6 Å². The van der Waals surface area contributed by atoms with E-state index in [4.69, 9.17) is 4.74 Å². The van der Waals surface area contributed by atoms with E-state index >= 15 is 0 Å². The monoisotopic (exact) mass is 449 g/mol. The minimum absolute atomic E-state index is 0. The van der Waals surface area contributed by atoms with E-state index in [0.29, 0.717) is 6.10 Å². The van der Waals surface area contributed by atoms with E-state index in [1.807, 2.05) is 24.0 Å². The molecule has 0 atom stereocenters. The molecule has 0 aliphatic heterocycles. The molecule has 0 saturated heterocycles. The fraction of sp³-hybridized carbons (Fsp3) is 0.765. The molecule has 0 bridgehead atoms. The fourth-order valence-corrected chi connectivity index (χ4v) is 2.90. The second-order valence-electron chi connectivity index (χ2n) is 6.19. The zero-order chi connectivity index (χ0) is 16.3. The van der Waals surface area contributed by atoms with Crippen LogP contribution in [0.15, 0.2) is 17.4 Å². The summed E-state index contributed by atoms with van der Waals surface area (Å²) in [5.74, 6) is 0.818. The predicted molar refractivity (Wildman–Crippen MR) is 109 cm³/mol. The quantitative estimate of drug-likeness (QED) is 0.221. The zero-order valence-electron chi connectivity index (χ0n) is 15.0. The number of aryl methyl sites for hydroxylation is 1. The van der Waals surface area contributed by atoms with Crippen molar-refractivity contribution in [1.82, 2.24) is 20.4 Å². The average molecular weight is 449 g/mol. The summed E-state index contributed by atoms with van der Waals surface area (Å²) in [6, 6.07) is 0. The number of aliphatic imine (C=N–C) groups is 1. The first-order chi connectivity index (χ1) is 11.3. The number of guanidine groups is 1. The van der Waals surface area contributed by atoms with Crippen LogP contribution in [0.5, 0.6) is 0 Å². The van der Waals surface area contributed by atoms with E-state index < -0.39 is 0 Å². The van der Waals surface area contributed by atoms with Gasteiger partial charge < -0.3 is 15.4 Å². The molecule has 24 heavy (non-hydrogen) atoms. The van der Waals surface area contributed by atoms with Crippen molar-refractivity contribution in [3.8, 4) is 0 Å². The van der Waals surface area contributed by atoms with Crippen molar-refractivity contribution in [1.29, 1.82) is 0 Å². The van der Waals surface area contributed by atoms with Gasteiger partial charge in [0.2, 0.25) is 0 Å². The third kappa shape index (κ3) is 8.32. The van der Waals surface area contributed by atoms with E-state index in [0.717, 1.165) is 32.2 Å². The van der Waals surface area contributed by atoms with Gasteiger partial charge >= 0.3 is 0 Å². The fourth-order valence-electron chi connectivity index (χ4n) is 2.90. The normalized spacial score (nSPS) is 16.3. The molecule has 0 unspecified atom stereocenters. The summed E-state index contributed by atoms with van der Waals surface area (Å²) in [5.41, 5.74) is 1.18. The van der Waals surface area contributed by atoms with Gasteiger partial charge in [0.15, 0.2) is 5.96 Å². The number of rotatable bonds is 7. The Morgan fingerprint density at radius 3 is 2.58 bits per heavy atom. The summed E-state index contributed by atoms with van der Waals surface area (Å²) in [7, 11) is 1.79. The minimum atomic E-state index is 0. The standard InChI is InChI=1S/C17H31N5O.HI/c1-15-13-21-22(14-15)11-9-19-17(18-2)20-10-12-23-16-7-5-3-4-6-8-16;/h13-14,16H,3-12H2,1-2H3,(H2,18,19,20);1H. The molecule has 7 heteroatoms. The highest BCUT2D eigenvalue weighted by molar-refractivity contribution is 14.0. The van der Waals surface area contributed by atoms with Crippen molar-refractivity contribution in [2.24, 2.45) is 4.99 Å². The predicted octanol–water partition coefficient (Wildman–Crippen LogP) is 2.71. The van der Waals surface area contributed by atoms with Crippen LogP contribution in [0.4, 0.5) is 0 Å². The third-order valence-electron chi connectivity index (χ3n) is 4.17. The molecule has 0 spiro atoms. The van der Waals surface area contributed by atoms with Crippen molar-refractivity contribution in [3.63, 3.8) is 0 Å². The molecule has 1 fully saturated rings. The molecular formula is C17H32IN5O. The molecule has 1 heterocycles. The van der Waals surface area contributed by atoms with Crippen LogP contribution in [-0.2, 0) is 11.3 Å². The van der Waals surface area contributed by atoms with Gasteiger partial charge in [-0.05, 0) is 25.3 Å². The van der Waals surface area contributed by atoms with Gasteiger partial charge in [0, 0.05) is 26.3 Å². The van der Waals surface area contributed by atoms with E-state index in [1.54, 1.807) is 7.05 Å². The Balaban J connectivity index is 0.00000288. The first-order valence-corrected chi connectivity index (χ1v) is 8.83. The van der Waals surface area contributed by atoms with Crippen molar-refractivity contribution < 1.29 is 4.74 Å². The Bertz CT molecular complexity index is 469. The largest absolute Gasteiger partial charge is 0.376 e. The molecule has 1 aliphatic carbocycles. The number of halogens is 1. The number of hydrogen-bond acceptors (Lipinski definition) is 3. The highest BCUT2D eigenvalue weighted by atomic mass is 127. The smallest absolute Gasteiger partial charge is 0.191 e. The minimum Gasteiger partial charge on any atom is -0.376 e. The van der Waals surface area contributed by atoms with Crippen LogP contribution in [0.2, 0.25) is 0 Å². The summed E-state index contributed by atoms with van der Waals surface area (Å²) >= 11 is 0. The lowest BCUT2D eigenvalue weighted by molar-refractivity contribution is 0.0468. The molecular weight excluding hydrogens is 417 g/mol. The molecule has 6 nitrogen and oxygen atoms in total. The first-order valence-electron chi connectivity index (χ1n) is 8.83. The molecule has 2 rings (SSSR count). The maximum absolute atomic E-state index is 5.97. The number of hydrogen-bond donors (Lipinski definition) is 2. The van der Waals surface area contributed by atoms with Gasteiger partial charge in [-0.25, -0.2) is 0 Å². The van der Waals surface area contributed by atoms with E-state index in [2.05, 4.69) is 20.7 Å². The SMILES string of the molecule is CN=C(NCCOC1CCCCCC1)NCCn1cc(C)cn1.I. The van der Waals surface area contributed by atoms with Crippen LogP contribution in [0.1, 0.15) is 44.1 Å². The number of nitrogens with one attached hydrogen (secondary N) is 2. The second-order valence-corrected chi connectivity index (χ2v) is 6.19. The van der Waals surface area contributed by atoms with Crippen LogP contribution in [-0.4, -0.2) is 48.6 Å². The maximum Gasteiger partial charge on any atom is 0.191 e. The maximum atomic E-state index is 5.97. The van der Waals surface area contributed by atoms with E-state index in [1.165, 1.54) is 44.1 Å². The highest BCUT2D eigenvalue weighted by Gasteiger charge is 2.12. The molecule has 0 amide bonds. The summed E-state index contributed by atoms with van der Waals surface area (Å²) in [6.07, 6.45) is 12.2. The van der Waals surface area contributed by atoms with Gasteiger partial charge in [-0.3, -0.25) is 9.67 Å². The van der Waals surface area contributed by atoms with Gasteiger partial charge in [-0.2, -0.15) is 5.10 Å². The lowest BCUT2D eigenvalue weighted by atomic mass is 10.1. The third-order valence-corrected chi connectivity index (χ3v) is 4.17. The van der Waals surface area contributed by atoms with Gasteiger partial charge in [-0.1, -0.05) is 25.7 Å². The van der Waals surface area contributed by atoms with Gasteiger partial charge in [0.05, 0.1) is 25.5 Å². The topological polar surface area (TPSA) is 63.5 Å². The summed E-state index contributed by atoms with van der Waals surface area (Å²) in [5, 5.41) is 10.9. The lowest BCUT2D eigenvalue weighted by Crippen LogP contribution is -2.40. The van der Waals surface area contributed by atoms with E-state index in [-0.39, 0.29) is 24.0 Å². The number of aromatic nitrogens is 2. The van der Waals surface area contributed by atoms with Crippen LogP contribution in [0.25, 0.3) is 0 Å². The van der Waals surface area contributed by atoms with Gasteiger partial charge in [0.25, 0.3) is 0 Å². The molecule has 0 radical (unpaired) electrons. The molecule has 1 aromatic rings. The number of ether oxygens (including phenoxy) is 1. The van der Waals surface area contributed by atoms with Crippen molar-refractivity contribution in [2.75, 3.05) is 26.7 Å². The lowest BCUT2D eigenvalue weighted by Gasteiger charge is -2.16. The number of nitrogens with zero attached hydrogens (tertiary/aromatic N) is 3. The first kappa shape index (κ1) is 21.2. The van der Waals surface area contributed by atoms with Crippen molar-refractivity contribution in [2.45, 2.75) is 58.1 Å². The van der Waals surface area contributed by atoms with Crippen LogP contribution >= 0.6 is 24.0 Å². The Kier molecular flexibility index (Phi) is 11.1. The molecule has 2 N–H and O–H groups in total. The highest BCUT2D eigenvalue weighted by Crippen LogP contribution is 2.19. The average Bonchev–Trinajstić information content (AvgIpc) is 2.81. The van der Waals surface area contributed by atoms with Crippen molar-refractivity contribution in [3.05, 3.63) is 18.0 Å². The summed E-state index contributed by atoms with van der Waals surface area (Å²) < 4.78 is 7.91. The van der Waals surface area contributed by atoms with Crippen LogP contribution in [0.3, 0.4) is 0 Å². The second kappa shape index (κ2) is 12.5. The molecule has 1 aromatic heterocycles. The van der Waals surface area contributed by atoms with Gasteiger partial charge in [0.1, 0.15) is 0 Å². The Morgan fingerprint density at radius 1 is 1.25 bits per heavy atom. The molecule has 0 aromatic carbocycles. The van der Waals surface area contributed by atoms with E-state index in [9.17, 15) is 0 Å². The molecule has 1 aliphatic rings. The zero-order valence-corrected chi connectivity index (χ0v) is 17.3.